The number of nitrogens with one attached hydrogen (secondary N) is 2. The van der Waals surface area contributed by atoms with Gasteiger partial charge in [-0.15, -0.1) is 0 Å². The molecule has 0 saturated heterocycles. The zero-order chi connectivity index (χ0) is 15.2. The Labute approximate surface area is 127 Å². The van der Waals surface area contributed by atoms with Gasteiger partial charge < -0.3 is 10.3 Å². The van der Waals surface area contributed by atoms with Gasteiger partial charge >= 0.3 is 0 Å². The number of nitrogens with zero attached hydrogens (tertiary/aromatic N) is 1. The van der Waals surface area contributed by atoms with Crippen molar-refractivity contribution < 1.29 is 9.18 Å². The molecule has 0 aliphatic heterocycles. The Kier molecular flexibility index (Phi) is 5.38. The number of hydrogen-bond donors (Lipinski definition) is 2. The van der Waals surface area contributed by atoms with E-state index < -0.39 is 0 Å². The molecule has 0 aliphatic carbocycles. The summed E-state index contributed by atoms with van der Waals surface area (Å²) in [5.74, 6) is -0.268. The summed E-state index contributed by atoms with van der Waals surface area (Å²) in [6.07, 6.45) is 2.60. The molecule has 2 aromatic rings. The van der Waals surface area contributed by atoms with Crippen LogP contribution in [0.2, 0.25) is 0 Å². The molecule has 1 aromatic carbocycles. The number of imidazole rings is 1. The van der Waals surface area contributed by atoms with Crippen LogP contribution >= 0.6 is 11.8 Å². The van der Waals surface area contributed by atoms with Gasteiger partial charge in [0.1, 0.15) is 5.82 Å². The molecule has 1 atom stereocenters. The molecule has 21 heavy (non-hydrogen) atoms. The van der Waals surface area contributed by atoms with Crippen LogP contribution in [0.1, 0.15) is 20.3 Å². The summed E-state index contributed by atoms with van der Waals surface area (Å²) in [5, 5.41) is 3.31. The second-order valence-corrected chi connectivity index (χ2v) is 5.99. The molecule has 1 aromatic heterocycles. The molecule has 0 saturated carbocycles. The predicted octanol–water partition coefficient (Wildman–Crippen LogP) is 3.22. The van der Waals surface area contributed by atoms with Crippen LogP contribution in [0.4, 0.5) is 4.39 Å². The molecule has 0 aliphatic rings. The number of amides is 1. The summed E-state index contributed by atoms with van der Waals surface area (Å²) in [5.41, 5.74) is 1.66. The third kappa shape index (κ3) is 4.32. The van der Waals surface area contributed by atoms with Crippen molar-refractivity contribution in [3.05, 3.63) is 36.3 Å². The maximum Gasteiger partial charge on any atom is 0.233 e. The van der Waals surface area contributed by atoms with E-state index in [2.05, 4.69) is 15.3 Å². The largest absolute Gasteiger partial charge is 0.355 e. The number of rotatable bonds is 6. The van der Waals surface area contributed by atoms with E-state index in [1.165, 1.54) is 23.9 Å². The van der Waals surface area contributed by atoms with Gasteiger partial charge in [-0.05, 0) is 43.2 Å². The summed E-state index contributed by atoms with van der Waals surface area (Å²) in [7, 11) is 0. The lowest BCUT2D eigenvalue weighted by Crippen LogP contribution is -2.31. The third-order valence-electron chi connectivity index (χ3n) is 2.91. The smallest absolute Gasteiger partial charge is 0.233 e. The van der Waals surface area contributed by atoms with Crippen molar-refractivity contribution in [1.82, 2.24) is 15.3 Å². The Morgan fingerprint density at radius 2 is 2.14 bits per heavy atom. The molecule has 2 N–H and O–H groups in total. The van der Waals surface area contributed by atoms with Gasteiger partial charge in [-0.1, -0.05) is 18.7 Å². The Bertz CT molecular complexity index is 597. The highest BCUT2D eigenvalue weighted by atomic mass is 32.2. The molecule has 0 bridgehead atoms. The van der Waals surface area contributed by atoms with Crippen LogP contribution in [0.3, 0.4) is 0 Å². The summed E-state index contributed by atoms with van der Waals surface area (Å²) in [4.78, 5) is 19.2. The molecule has 0 fully saturated rings. The van der Waals surface area contributed by atoms with Crippen LogP contribution in [0, 0.1) is 5.82 Å². The van der Waals surface area contributed by atoms with Gasteiger partial charge in [0.05, 0.1) is 17.1 Å². The Hall–Kier alpha value is -1.82. The first-order valence-corrected chi connectivity index (χ1v) is 7.73. The van der Waals surface area contributed by atoms with Crippen molar-refractivity contribution in [1.29, 1.82) is 0 Å². The van der Waals surface area contributed by atoms with Crippen LogP contribution in [0.25, 0.3) is 11.3 Å². The normalized spacial score (nSPS) is 12.1. The van der Waals surface area contributed by atoms with Crippen molar-refractivity contribution in [2.24, 2.45) is 0 Å². The second kappa shape index (κ2) is 7.26. The van der Waals surface area contributed by atoms with Crippen molar-refractivity contribution in [2.45, 2.75) is 30.7 Å². The van der Waals surface area contributed by atoms with E-state index >= 15 is 0 Å². The highest BCUT2D eigenvalue weighted by molar-refractivity contribution is 8.00. The number of hydrogen-bond acceptors (Lipinski definition) is 3. The first-order valence-electron chi connectivity index (χ1n) is 6.85. The summed E-state index contributed by atoms with van der Waals surface area (Å²) >= 11 is 1.37. The lowest BCUT2D eigenvalue weighted by atomic mass is 10.2. The van der Waals surface area contributed by atoms with Gasteiger partial charge in [0.15, 0.2) is 5.16 Å². The predicted molar refractivity (Wildman–Crippen MR) is 82.6 cm³/mol. The van der Waals surface area contributed by atoms with E-state index in [1.54, 1.807) is 18.3 Å². The molecule has 1 heterocycles. The molecule has 1 amide bonds. The quantitative estimate of drug-likeness (QED) is 0.806. The number of H-pyrrole nitrogens is 1. The maximum atomic E-state index is 12.9. The molecule has 6 heteroatoms. The van der Waals surface area contributed by atoms with Crippen LogP contribution in [-0.2, 0) is 4.79 Å². The maximum absolute atomic E-state index is 12.9. The SMILES string of the molecule is CCCNC(=O)C(C)Sc1ncc(-c2ccc(F)cc2)[nH]1. The Morgan fingerprint density at radius 3 is 2.81 bits per heavy atom. The minimum Gasteiger partial charge on any atom is -0.355 e. The van der Waals surface area contributed by atoms with E-state index in [-0.39, 0.29) is 17.0 Å². The fraction of sp³-hybridized carbons (Fsp3) is 0.333. The molecule has 0 spiro atoms. The monoisotopic (exact) mass is 307 g/mol. The van der Waals surface area contributed by atoms with Crippen molar-refractivity contribution >= 4 is 17.7 Å². The van der Waals surface area contributed by atoms with Gasteiger partial charge in [0, 0.05) is 6.54 Å². The Morgan fingerprint density at radius 1 is 1.43 bits per heavy atom. The third-order valence-corrected chi connectivity index (χ3v) is 3.91. The van der Waals surface area contributed by atoms with E-state index in [0.29, 0.717) is 11.7 Å². The zero-order valence-corrected chi connectivity index (χ0v) is 12.8. The van der Waals surface area contributed by atoms with Gasteiger partial charge in [-0.3, -0.25) is 4.79 Å². The average Bonchev–Trinajstić information content (AvgIpc) is 2.93. The zero-order valence-electron chi connectivity index (χ0n) is 12.0. The first kappa shape index (κ1) is 15.6. The minimum atomic E-state index is -0.269. The van der Waals surface area contributed by atoms with Gasteiger partial charge in [-0.25, -0.2) is 9.37 Å². The number of aromatic nitrogens is 2. The molecular formula is C15H18FN3OS. The van der Waals surface area contributed by atoms with Crippen molar-refractivity contribution in [3.8, 4) is 11.3 Å². The number of thioether (sulfide) groups is 1. The fourth-order valence-corrected chi connectivity index (χ4v) is 2.56. The standard InChI is InChI=1S/C15H18FN3OS/c1-3-8-17-14(20)10(2)21-15-18-9-13(19-15)11-4-6-12(16)7-5-11/h4-7,9-10H,3,8H2,1-2H3,(H,17,20)(H,18,19). The van der Waals surface area contributed by atoms with Crippen molar-refractivity contribution in [2.75, 3.05) is 6.54 Å². The van der Waals surface area contributed by atoms with Gasteiger partial charge in [0.2, 0.25) is 5.91 Å². The molecule has 112 valence electrons. The summed E-state index contributed by atoms with van der Waals surface area (Å²) in [6, 6.07) is 6.19. The molecule has 4 nitrogen and oxygen atoms in total. The van der Waals surface area contributed by atoms with Crippen LogP contribution in [0.15, 0.2) is 35.6 Å². The molecular weight excluding hydrogens is 289 g/mol. The van der Waals surface area contributed by atoms with E-state index in [0.717, 1.165) is 17.7 Å². The van der Waals surface area contributed by atoms with Crippen LogP contribution in [0.5, 0.6) is 0 Å². The summed E-state index contributed by atoms with van der Waals surface area (Å²) in [6.45, 7) is 4.54. The Balaban J connectivity index is 2.00. The summed E-state index contributed by atoms with van der Waals surface area (Å²) < 4.78 is 12.9. The number of benzene rings is 1. The number of carbonyl (C=O) groups is 1. The van der Waals surface area contributed by atoms with E-state index in [4.69, 9.17) is 0 Å². The molecule has 2 rings (SSSR count). The second-order valence-electron chi connectivity index (χ2n) is 4.66. The number of carbonyl (C=O) groups excluding carboxylic acids is 1. The molecule has 0 radical (unpaired) electrons. The minimum absolute atomic E-state index is 0.00146. The lowest BCUT2D eigenvalue weighted by molar-refractivity contribution is -0.120. The lowest BCUT2D eigenvalue weighted by Gasteiger charge is -2.09. The number of aromatic amines is 1. The topological polar surface area (TPSA) is 57.8 Å². The number of halogens is 1. The van der Waals surface area contributed by atoms with Crippen LogP contribution < -0.4 is 5.32 Å². The average molecular weight is 307 g/mol. The van der Waals surface area contributed by atoms with E-state index in [1.807, 2.05) is 13.8 Å². The van der Waals surface area contributed by atoms with Gasteiger partial charge in [0.25, 0.3) is 0 Å². The van der Waals surface area contributed by atoms with Crippen LogP contribution in [-0.4, -0.2) is 27.7 Å². The highest BCUT2D eigenvalue weighted by Crippen LogP contribution is 2.24. The molecule has 1 unspecified atom stereocenters. The highest BCUT2D eigenvalue weighted by Gasteiger charge is 2.15. The first-order chi connectivity index (χ1) is 10.1. The van der Waals surface area contributed by atoms with Gasteiger partial charge in [-0.2, -0.15) is 0 Å². The van der Waals surface area contributed by atoms with Crippen molar-refractivity contribution in [3.63, 3.8) is 0 Å². The van der Waals surface area contributed by atoms with E-state index in [9.17, 15) is 9.18 Å². The fourth-order valence-electron chi connectivity index (χ4n) is 1.75.